The second-order valence-electron chi connectivity index (χ2n) is 4.89. The van der Waals surface area contributed by atoms with Crippen LogP contribution in [0.25, 0.3) is 20.8 Å². The summed E-state index contributed by atoms with van der Waals surface area (Å²) >= 11 is 1.12. The number of hydrogen-bond donors (Lipinski definition) is 2. The van der Waals surface area contributed by atoms with Crippen LogP contribution in [0.3, 0.4) is 0 Å². The molecule has 132 valence electrons. The summed E-state index contributed by atoms with van der Waals surface area (Å²) in [6, 6.07) is 8.22. The molecule has 0 spiro atoms. The molecule has 0 radical (unpaired) electrons. The molecule has 3 aromatic rings. The smallest absolute Gasteiger partial charge is 0.506 e. The van der Waals surface area contributed by atoms with Crippen molar-refractivity contribution in [3.05, 3.63) is 42.2 Å². The van der Waals surface area contributed by atoms with E-state index in [9.17, 15) is 31.1 Å². The molecule has 5 nitrogen and oxygen atoms in total. The Morgan fingerprint density at radius 1 is 1.16 bits per heavy atom. The van der Waals surface area contributed by atoms with E-state index in [-0.39, 0.29) is 10.6 Å². The van der Waals surface area contributed by atoms with E-state index >= 15 is 0 Å². The Balaban J connectivity index is 2.03. The van der Waals surface area contributed by atoms with Gasteiger partial charge in [0.15, 0.2) is 0 Å². The molecule has 0 amide bonds. The van der Waals surface area contributed by atoms with Crippen molar-refractivity contribution < 1.29 is 31.1 Å². The molecule has 25 heavy (non-hydrogen) atoms. The van der Waals surface area contributed by atoms with Gasteiger partial charge in [0.2, 0.25) is 0 Å². The summed E-state index contributed by atoms with van der Waals surface area (Å²) in [7, 11) is -5.78. The number of nitrogens with one attached hydrogen (secondary N) is 1. The number of hydrogen-bond acceptors (Lipinski definition) is 5. The van der Waals surface area contributed by atoms with Crippen LogP contribution in [0, 0.1) is 5.82 Å². The van der Waals surface area contributed by atoms with Crippen LogP contribution in [0.1, 0.15) is 0 Å². The zero-order chi connectivity index (χ0) is 18.4. The van der Waals surface area contributed by atoms with E-state index in [1.165, 1.54) is 0 Å². The molecule has 2 aromatic carbocycles. The molecule has 0 saturated heterocycles. The predicted octanol–water partition coefficient (Wildman–Crippen LogP) is 4.07. The molecule has 0 atom stereocenters. The summed E-state index contributed by atoms with van der Waals surface area (Å²) in [4.78, 5) is 4.18. The lowest BCUT2D eigenvalue weighted by atomic mass is 10.2. The third-order valence-corrected chi connectivity index (χ3v) is 5.33. The number of nitrogens with zero attached hydrogens (tertiary/aromatic N) is 1. The van der Waals surface area contributed by atoms with Crippen LogP contribution < -0.4 is 4.72 Å². The van der Waals surface area contributed by atoms with Crippen LogP contribution in [0.2, 0.25) is 0 Å². The van der Waals surface area contributed by atoms with E-state index in [4.69, 9.17) is 0 Å². The molecule has 0 aliphatic heterocycles. The van der Waals surface area contributed by atoms with Crippen LogP contribution in [0.4, 0.5) is 23.2 Å². The molecular formula is C14H8F4N2O3S2. The molecule has 0 aliphatic rings. The lowest BCUT2D eigenvalue weighted by Crippen LogP contribution is -2.30. The van der Waals surface area contributed by atoms with Crippen LogP contribution in [-0.2, 0) is 10.0 Å². The van der Waals surface area contributed by atoms with E-state index < -0.39 is 32.8 Å². The number of fused-ring (bicyclic) bond motifs is 1. The molecular weight excluding hydrogens is 384 g/mol. The average molecular weight is 392 g/mol. The number of anilines is 1. The fourth-order valence-electron chi connectivity index (χ4n) is 2.00. The van der Waals surface area contributed by atoms with Crippen molar-refractivity contribution in [1.29, 1.82) is 0 Å². The maximum atomic E-state index is 14.3. The highest BCUT2D eigenvalue weighted by atomic mass is 32.2. The van der Waals surface area contributed by atoms with E-state index in [0.29, 0.717) is 11.6 Å². The average Bonchev–Trinajstić information content (AvgIpc) is 2.92. The first-order chi connectivity index (χ1) is 11.6. The Bertz CT molecular complexity index is 1030. The number of phenolic OH excluding ortho intramolecular Hbond substituents is 1. The normalized spacial score (nSPS) is 12.5. The SMILES string of the molecule is O=S(=O)(Nc1cc(F)c(-c2nc3ccccc3s2)cc1O)C(F)(F)F. The molecule has 0 fully saturated rings. The standard InChI is InChI=1S/C14H8F4N2O3S2/c15-8-6-10(20-25(22,23)14(16,17)18)11(21)5-7(8)13-19-9-3-1-2-4-12(9)24-13/h1-6,20-21H. The zero-order valence-electron chi connectivity index (χ0n) is 12.0. The fraction of sp³-hybridized carbons (Fsp3) is 0.0714. The van der Waals surface area contributed by atoms with E-state index in [1.54, 1.807) is 24.3 Å². The van der Waals surface area contributed by atoms with Gasteiger partial charge in [0, 0.05) is 6.07 Å². The summed E-state index contributed by atoms with van der Waals surface area (Å²) in [5.41, 5.74) is -6.08. The lowest BCUT2D eigenvalue weighted by Gasteiger charge is -2.12. The minimum atomic E-state index is -5.78. The van der Waals surface area contributed by atoms with Gasteiger partial charge in [-0.1, -0.05) is 12.1 Å². The highest BCUT2D eigenvalue weighted by molar-refractivity contribution is 7.93. The largest absolute Gasteiger partial charge is 0.516 e. The number of halogens is 4. The first-order valence-electron chi connectivity index (χ1n) is 6.56. The second kappa shape index (κ2) is 5.85. The molecule has 1 heterocycles. The van der Waals surface area contributed by atoms with Crippen LogP contribution >= 0.6 is 11.3 Å². The quantitative estimate of drug-likeness (QED) is 0.520. The van der Waals surface area contributed by atoms with Crippen molar-refractivity contribution in [3.8, 4) is 16.3 Å². The Hall–Kier alpha value is -2.40. The topological polar surface area (TPSA) is 79.3 Å². The Kier molecular flexibility index (Phi) is 4.07. The van der Waals surface area contributed by atoms with E-state index in [0.717, 1.165) is 26.8 Å². The highest BCUT2D eigenvalue weighted by Gasteiger charge is 2.46. The van der Waals surface area contributed by atoms with Gasteiger partial charge in [-0.25, -0.2) is 9.37 Å². The van der Waals surface area contributed by atoms with Crippen molar-refractivity contribution >= 4 is 37.3 Å². The number of thiazole rings is 1. The van der Waals surface area contributed by atoms with Crippen molar-refractivity contribution in [2.24, 2.45) is 0 Å². The number of rotatable bonds is 3. The number of sulfonamides is 1. The van der Waals surface area contributed by atoms with Gasteiger partial charge in [-0.05, 0) is 18.2 Å². The molecule has 0 saturated carbocycles. The second-order valence-corrected chi connectivity index (χ2v) is 7.59. The summed E-state index contributed by atoms with van der Waals surface area (Å²) in [5, 5.41) is 9.99. The molecule has 0 bridgehead atoms. The molecule has 0 unspecified atom stereocenters. The zero-order valence-corrected chi connectivity index (χ0v) is 13.6. The van der Waals surface area contributed by atoms with Gasteiger partial charge >= 0.3 is 15.5 Å². The number of aromatic nitrogens is 1. The molecule has 0 aliphatic carbocycles. The van der Waals surface area contributed by atoms with Crippen LogP contribution in [0.5, 0.6) is 5.75 Å². The van der Waals surface area contributed by atoms with Gasteiger partial charge in [0.25, 0.3) is 0 Å². The van der Waals surface area contributed by atoms with Gasteiger partial charge in [0.05, 0.1) is 21.5 Å². The number of phenols is 1. The summed E-state index contributed by atoms with van der Waals surface area (Å²) in [6.07, 6.45) is 0. The Morgan fingerprint density at radius 3 is 2.48 bits per heavy atom. The summed E-state index contributed by atoms with van der Waals surface area (Å²) in [5.74, 6) is -1.89. The van der Waals surface area contributed by atoms with Gasteiger partial charge < -0.3 is 5.11 Å². The maximum Gasteiger partial charge on any atom is 0.516 e. The van der Waals surface area contributed by atoms with E-state index in [2.05, 4.69) is 4.98 Å². The fourth-order valence-corrected chi connectivity index (χ4v) is 3.55. The molecule has 2 N–H and O–H groups in total. The van der Waals surface area contributed by atoms with Gasteiger partial charge in [-0.15, -0.1) is 11.3 Å². The number of benzene rings is 2. The first-order valence-corrected chi connectivity index (χ1v) is 8.86. The van der Waals surface area contributed by atoms with Crippen molar-refractivity contribution in [2.75, 3.05) is 4.72 Å². The van der Waals surface area contributed by atoms with Gasteiger partial charge in [-0.2, -0.15) is 21.6 Å². The minimum absolute atomic E-state index is 0.159. The Morgan fingerprint density at radius 2 is 1.84 bits per heavy atom. The predicted molar refractivity (Wildman–Crippen MR) is 85.3 cm³/mol. The van der Waals surface area contributed by atoms with Crippen LogP contribution in [0.15, 0.2) is 36.4 Å². The minimum Gasteiger partial charge on any atom is -0.506 e. The van der Waals surface area contributed by atoms with Gasteiger partial charge in [0.1, 0.15) is 16.6 Å². The number of alkyl halides is 3. The third-order valence-electron chi connectivity index (χ3n) is 3.16. The Labute approximate surface area is 142 Å². The van der Waals surface area contributed by atoms with Crippen molar-refractivity contribution in [2.45, 2.75) is 5.51 Å². The molecule has 1 aromatic heterocycles. The summed E-state index contributed by atoms with van der Waals surface area (Å²) < 4.78 is 75.4. The van der Waals surface area contributed by atoms with E-state index in [1.807, 2.05) is 0 Å². The van der Waals surface area contributed by atoms with Crippen molar-refractivity contribution in [3.63, 3.8) is 0 Å². The first kappa shape index (κ1) is 17.4. The monoisotopic (exact) mass is 392 g/mol. The molecule has 3 rings (SSSR count). The highest BCUT2D eigenvalue weighted by Crippen LogP contribution is 2.38. The third kappa shape index (κ3) is 3.24. The summed E-state index contributed by atoms with van der Waals surface area (Å²) in [6.45, 7) is 0. The van der Waals surface area contributed by atoms with Crippen LogP contribution in [-0.4, -0.2) is 24.0 Å². The van der Waals surface area contributed by atoms with Crippen molar-refractivity contribution in [1.82, 2.24) is 4.98 Å². The number of para-hydroxylation sites is 1. The molecule has 11 heteroatoms. The van der Waals surface area contributed by atoms with Gasteiger partial charge in [-0.3, -0.25) is 4.72 Å². The lowest BCUT2D eigenvalue weighted by molar-refractivity contribution is -0.0429. The maximum absolute atomic E-state index is 14.3. The number of aromatic hydroxyl groups is 1.